The molecule has 1 unspecified atom stereocenters. The number of amides is 3. The highest BCUT2D eigenvalue weighted by Gasteiger charge is 2.32. The summed E-state index contributed by atoms with van der Waals surface area (Å²) in [5.41, 5.74) is 6.50. The molecule has 1 atom stereocenters. The minimum absolute atomic E-state index is 0.132. The fourth-order valence-electron chi connectivity index (χ4n) is 4.27. The van der Waals surface area contributed by atoms with Crippen molar-refractivity contribution in [1.29, 1.82) is 5.41 Å². The number of anilines is 2. The third-order valence-electron chi connectivity index (χ3n) is 6.82. The quantitative estimate of drug-likeness (QED) is 0.182. The Kier molecular flexibility index (Phi) is 13.6. The van der Waals surface area contributed by atoms with Gasteiger partial charge in [0.1, 0.15) is 6.17 Å². The number of aliphatic imine (C=N–C) groups is 2. The smallest absolute Gasteiger partial charge is 0.347 e. The number of benzene rings is 3. The summed E-state index contributed by atoms with van der Waals surface area (Å²) in [6, 6.07) is 18.0. The standard InChI is InChI=1S/C26H31N5O3S.C9H11F/c1-5-7-12-28-24(27)19-10-11-21(18(4)14-19)29-25(33)30-26-31(23(32)16-35-26)22-13-17(3)8-9-20(22)15-34-6-2;1-7-3-5-9(6-4-7)8(2)10/h8-14,27H,5-7,15-16H2,1-4H3,(H,29,33);3-6,8H,1-2H3/b27-24?,28-12?,30-26-;. The maximum Gasteiger partial charge on any atom is 0.347 e. The van der Waals surface area contributed by atoms with Crippen LogP contribution in [0.1, 0.15) is 73.2 Å². The van der Waals surface area contributed by atoms with Crippen LogP contribution in [0.5, 0.6) is 0 Å². The number of thioether (sulfide) groups is 1. The summed E-state index contributed by atoms with van der Waals surface area (Å²) < 4.78 is 18.1. The zero-order valence-corrected chi connectivity index (χ0v) is 27.6. The third-order valence-corrected chi connectivity index (χ3v) is 7.75. The first-order valence-corrected chi connectivity index (χ1v) is 16.0. The molecule has 238 valence electrons. The van der Waals surface area contributed by atoms with Crippen LogP contribution in [0.2, 0.25) is 0 Å². The highest BCUT2D eigenvalue weighted by molar-refractivity contribution is 8.15. The van der Waals surface area contributed by atoms with Crippen LogP contribution in [0.3, 0.4) is 0 Å². The van der Waals surface area contributed by atoms with Crippen LogP contribution in [0.15, 0.2) is 70.6 Å². The number of urea groups is 1. The number of carbonyl (C=O) groups is 2. The molecular weight excluding hydrogens is 589 g/mol. The van der Waals surface area contributed by atoms with Gasteiger partial charge in [0.25, 0.3) is 0 Å². The number of halogens is 1. The van der Waals surface area contributed by atoms with E-state index in [-0.39, 0.29) is 17.5 Å². The number of unbranched alkanes of at least 4 members (excludes halogenated alkanes) is 1. The van der Waals surface area contributed by atoms with E-state index in [0.717, 1.165) is 35.1 Å². The molecule has 1 saturated heterocycles. The number of aryl methyl sites for hydroxylation is 3. The number of rotatable bonds is 9. The molecule has 0 bridgehead atoms. The number of hydrogen-bond acceptors (Lipinski definition) is 5. The predicted octanol–water partition coefficient (Wildman–Crippen LogP) is 8.73. The molecule has 0 saturated carbocycles. The van der Waals surface area contributed by atoms with Gasteiger partial charge in [0, 0.05) is 29.6 Å². The molecule has 3 aromatic rings. The maximum atomic E-state index is 12.8. The molecule has 10 heteroatoms. The van der Waals surface area contributed by atoms with E-state index >= 15 is 0 Å². The lowest BCUT2D eigenvalue weighted by Gasteiger charge is -2.20. The van der Waals surface area contributed by atoms with E-state index in [1.54, 1.807) is 31.3 Å². The fraction of sp³-hybridized carbons (Fsp3) is 0.343. The first-order chi connectivity index (χ1) is 21.5. The summed E-state index contributed by atoms with van der Waals surface area (Å²) in [6.45, 7) is 12.2. The molecule has 1 aliphatic heterocycles. The third kappa shape index (κ3) is 10.5. The van der Waals surface area contributed by atoms with Gasteiger partial charge in [-0.15, -0.1) is 0 Å². The Bertz CT molecular complexity index is 1550. The molecule has 0 aromatic heterocycles. The number of nitrogens with one attached hydrogen (secondary N) is 2. The van der Waals surface area contributed by atoms with Crippen molar-refractivity contribution in [3.05, 3.63) is 94.0 Å². The zero-order chi connectivity index (χ0) is 32.9. The van der Waals surface area contributed by atoms with Crippen molar-refractivity contribution in [3.8, 4) is 0 Å². The Labute approximate surface area is 269 Å². The average molecular weight is 632 g/mol. The zero-order valence-electron chi connectivity index (χ0n) is 26.8. The highest BCUT2D eigenvalue weighted by Crippen LogP contribution is 2.31. The second kappa shape index (κ2) is 17.4. The number of amidine groups is 2. The molecule has 3 aromatic carbocycles. The second-order valence-electron chi connectivity index (χ2n) is 10.6. The van der Waals surface area contributed by atoms with Crippen LogP contribution < -0.4 is 10.2 Å². The first kappa shape index (κ1) is 35.3. The number of hydrogen-bond donors (Lipinski definition) is 2. The fourth-order valence-corrected chi connectivity index (χ4v) is 5.13. The molecule has 1 aliphatic rings. The molecule has 0 spiro atoms. The highest BCUT2D eigenvalue weighted by atomic mass is 32.2. The lowest BCUT2D eigenvalue weighted by Crippen LogP contribution is -2.31. The van der Waals surface area contributed by atoms with E-state index in [1.165, 1.54) is 22.2 Å². The average Bonchev–Trinajstić information content (AvgIpc) is 3.37. The second-order valence-corrected chi connectivity index (χ2v) is 11.6. The van der Waals surface area contributed by atoms with E-state index in [2.05, 4.69) is 22.2 Å². The summed E-state index contributed by atoms with van der Waals surface area (Å²) in [6.07, 6.45) is 2.69. The van der Waals surface area contributed by atoms with Gasteiger partial charge >= 0.3 is 6.03 Å². The Balaban J connectivity index is 0.000000468. The Morgan fingerprint density at radius 2 is 1.80 bits per heavy atom. The molecule has 0 radical (unpaired) electrons. The summed E-state index contributed by atoms with van der Waals surface area (Å²) in [5, 5.41) is 11.2. The molecule has 3 amide bonds. The minimum Gasteiger partial charge on any atom is -0.377 e. The largest absolute Gasteiger partial charge is 0.377 e. The van der Waals surface area contributed by atoms with Crippen LogP contribution in [-0.2, 0) is 16.1 Å². The molecular formula is C35H42FN5O3S. The van der Waals surface area contributed by atoms with Gasteiger partial charge in [-0.2, -0.15) is 4.99 Å². The van der Waals surface area contributed by atoms with Gasteiger partial charge in [-0.3, -0.25) is 15.1 Å². The van der Waals surface area contributed by atoms with Crippen molar-refractivity contribution in [2.24, 2.45) is 9.98 Å². The van der Waals surface area contributed by atoms with Crippen molar-refractivity contribution in [3.63, 3.8) is 0 Å². The summed E-state index contributed by atoms with van der Waals surface area (Å²) >= 11 is 1.23. The van der Waals surface area contributed by atoms with Crippen LogP contribution in [0, 0.1) is 26.2 Å². The number of nitrogens with zero attached hydrogens (tertiary/aromatic N) is 3. The Morgan fingerprint density at radius 1 is 1.09 bits per heavy atom. The van der Waals surface area contributed by atoms with Crippen molar-refractivity contribution in [2.45, 2.75) is 67.2 Å². The van der Waals surface area contributed by atoms with Crippen molar-refractivity contribution < 1.29 is 18.7 Å². The molecule has 1 heterocycles. The lowest BCUT2D eigenvalue weighted by atomic mass is 10.1. The molecule has 45 heavy (non-hydrogen) atoms. The van der Waals surface area contributed by atoms with Crippen LogP contribution in [0.4, 0.5) is 20.6 Å². The number of carbonyl (C=O) groups excluding carboxylic acids is 2. The van der Waals surface area contributed by atoms with E-state index in [0.29, 0.717) is 35.3 Å². The summed E-state index contributed by atoms with van der Waals surface area (Å²) in [4.78, 5) is 35.4. The predicted molar refractivity (Wildman–Crippen MR) is 185 cm³/mol. The number of alkyl halides is 1. The van der Waals surface area contributed by atoms with Crippen LogP contribution in [0.25, 0.3) is 0 Å². The van der Waals surface area contributed by atoms with Crippen LogP contribution >= 0.6 is 11.8 Å². The van der Waals surface area contributed by atoms with Gasteiger partial charge in [0.2, 0.25) is 5.91 Å². The van der Waals surface area contributed by atoms with Gasteiger partial charge in [0.15, 0.2) is 11.0 Å². The van der Waals surface area contributed by atoms with E-state index in [9.17, 15) is 14.0 Å². The summed E-state index contributed by atoms with van der Waals surface area (Å²) in [5.74, 6) is 0.257. The molecule has 8 nitrogen and oxygen atoms in total. The lowest BCUT2D eigenvalue weighted by molar-refractivity contribution is -0.115. The van der Waals surface area contributed by atoms with Gasteiger partial charge in [-0.05, 0) is 82.0 Å². The Hall–Kier alpha value is -4.15. The molecule has 4 rings (SSSR count). The van der Waals surface area contributed by atoms with Gasteiger partial charge < -0.3 is 10.1 Å². The molecule has 2 N–H and O–H groups in total. The monoisotopic (exact) mass is 631 g/mol. The van der Waals surface area contributed by atoms with E-state index < -0.39 is 12.2 Å². The van der Waals surface area contributed by atoms with E-state index in [1.807, 2.05) is 70.2 Å². The van der Waals surface area contributed by atoms with Crippen LogP contribution in [-0.4, -0.2) is 41.5 Å². The Morgan fingerprint density at radius 3 is 2.44 bits per heavy atom. The van der Waals surface area contributed by atoms with Crippen molar-refractivity contribution >= 4 is 52.3 Å². The maximum absolute atomic E-state index is 12.8. The number of ether oxygens (including phenoxy) is 1. The SMILES string of the molecule is CCCC=NC(=N)c1ccc(NC(=O)/N=C2\SCC(=O)N2c2cc(C)ccc2COCC)c(C)c1.Cc1ccc(C(C)F)cc1. The van der Waals surface area contributed by atoms with Crippen molar-refractivity contribution in [2.75, 3.05) is 22.6 Å². The van der Waals surface area contributed by atoms with Gasteiger partial charge in [-0.1, -0.05) is 67.1 Å². The molecule has 0 aliphatic carbocycles. The van der Waals surface area contributed by atoms with Crippen molar-refractivity contribution in [1.82, 2.24) is 0 Å². The topological polar surface area (TPSA) is 107 Å². The van der Waals surface area contributed by atoms with Gasteiger partial charge in [0.05, 0.1) is 18.0 Å². The first-order valence-electron chi connectivity index (χ1n) is 15.0. The minimum atomic E-state index is -0.847. The summed E-state index contributed by atoms with van der Waals surface area (Å²) in [7, 11) is 0. The van der Waals surface area contributed by atoms with Gasteiger partial charge in [-0.25, -0.2) is 14.2 Å². The van der Waals surface area contributed by atoms with E-state index in [4.69, 9.17) is 10.1 Å². The molecule has 1 fully saturated rings. The normalized spacial score (nSPS) is 14.4.